The Hall–Kier alpha value is -6.83. The van der Waals surface area contributed by atoms with Gasteiger partial charge in [0.1, 0.15) is 28.7 Å². The van der Waals surface area contributed by atoms with E-state index in [0.29, 0.717) is 34.8 Å². The fourth-order valence-corrected chi connectivity index (χ4v) is 6.57. The average Bonchev–Trinajstić information content (AvgIpc) is 3.28. The van der Waals surface area contributed by atoms with Crippen molar-refractivity contribution in [1.29, 1.82) is 0 Å². The monoisotopic (exact) mass is 972 g/mol. The number of unbranched alkanes of at least 4 members (excludes halogenated alkanes) is 9. The van der Waals surface area contributed by atoms with Gasteiger partial charge < -0.3 is 33.9 Å². The Labute approximate surface area is 418 Å². The van der Waals surface area contributed by atoms with Gasteiger partial charge in [0.15, 0.2) is 41.2 Å². The minimum Gasteiger partial charge on any atom is -0.507 e. The second-order valence-electron chi connectivity index (χ2n) is 15.5. The molecule has 0 aliphatic heterocycles. The number of carbonyl (C=O) groups is 4. The van der Waals surface area contributed by atoms with E-state index >= 15 is 0 Å². The van der Waals surface area contributed by atoms with E-state index in [1.807, 2.05) is 0 Å². The molecule has 0 aliphatic carbocycles. The van der Waals surface area contributed by atoms with Gasteiger partial charge in [0, 0.05) is 23.3 Å². The number of ketones is 2. The largest absolute Gasteiger partial charge is 0.507 e. The van der Waals surface area contributed by atoms with Gasteiger partial charge in [0.25, 0.3) is 0 Å². The van der Waals surface area contributed by atoms with E-state index < -0.39 is 18.2 Å². The molecule has 4 aromatic carbocycles. The zero-order chi connectivity index (χ0) is 46.0. The number of carbonyl (C=O) groups excluding carboxylic acids is 4. The number of aromatic hydroxyl groups is 2. The van der Waals surface area contributed by atoms with Crippen LogP contribution < -0.4 is 14.2 Å². The number of hydrogen-bond acceptors (Lipinski definition) is 14. The zero-order valence-corrected chi connectivity index (χ0v) is 37.1. The summed E-state index contributed by atoms with van der Waals surface area (Å²) in [7, 11) is 1.56. The lowest BCUT2D eigenvalue weighted by molar-refractivity contribution is -0.151. The SMILES string of the molecule is C.C.C.C.C.C.COc1ccc(-c2nc(-c3ccc(OC(C)C(C)=O)cc3O)nc(-c3ccc(OC(C)C(=O)OCCCCCCCCCCCCOC(=O)c4ccc(C(C)=O)cc4)cc3O)n2)cc1. The summed E-state index contributed by atoms with van der Waals surface area (Å²) < 4.78 is 27.6. The fourth-order valence-electron chi connectivity index (χ4n) is 6.57. The molecule has 0 aliphatic rings. The van der Waals surface area contributed by atoms with E-state index in [1.165, 1.54) is 26.0 Å². The Morgan fingerprint density at radius 1 is 0.500 bits per heavy atom. The second-order valence-corrected chi connectivity index (χ2v) is 15.5. The number of benzene rings is 4. The Kier molecular flexibility index (Phi) is 30.6. The summed E-state index contributed by atoms with van der Waals surface area (Å²) in [5.74, 6) is 0.169. The number of methoxy groups -OCH3 is 1. The molecule has 0 spiro atoms. The topological polar surface area (TPSA) is 194 Å². The molecule has 0 saturated carbocycles. The molecular weight excluding hydrogens is 891 g/mol. The molecule has 2 N–H and O–H groups in total. The van der Waals surface area contributed by atoms with E-state index in [-0.39, 0.29) is 115 Å². The molecule has 0 radical (unpaired) electrons. The maximum absolute atomic E-state index is 12.7. The maximum Gasteiger partial charge on any atom is 0.347 e. The van der Waals surface area contributed by atoms with Crippen molar-refractivity contribution in [1.82, 2.24) is 15.0 Å². The Morgan fingerprint density at radius 3 is 1.33 bits per heavy atom. The van der Waals surface area contributed by atoms with Gasteiger partial charge in [0.2, 0.25) is 0 Å². The number of rotatable bonds is 25. The first-order valence-corrected chi connectivity index (χ1v) is 21.7. The smallest absolute Gasteiger partial charge is 0.347 e. The van der Waals surface area contributed by atoms with Gasteiger partial charge in [-0.3, -0.25) is 9.59 Å². The molecule has 0 bridgehead atoms. The quantitative estimate of drug-likeness (QED) is 0.0319. The maximum atomic E-state index is 12.7. The van der Waals surface area contributed by atoms with Crippen LogP contribution in [0.4, 0.5) is 0 Å². The van der Waals surface area contributed by atoms with Crippen molar-refractivity contribution >= 4 is 23.5 Å². The lowest BCUT2D eigenvalue weighted by Gasteiger charge is -2.15. The van der Waals surface area contributed by atoms with E-state index in [4.69, 9.17) is 23.7 Å². The van der Waals surface area contributed by atoms with Crippen LogP contribution in [0.3, 0.4) is 0 Å². The minimum atomic E-state index is -0.929. The molecular formula is C56H81N3O11. The lowest BCUT2D eigenvalue weighted by Crippen LogP contribution is -2.26. The number of Topliss-reactive ketones (excluding diaryl/α,β-unsaturated/α-hetero) is 2. The highest BCUT2D eigenvalue weighted by Gasteiger charge is 2.21. The standard InChI is InChI=1S/C50H57N3O11.6CH4/c1-32(54)34(3)63-40-24-26-42(44(56)30-40)47-51-46(37-20-22-39(60-5)23-21-37)52-48(53-47)43-27-25-41(31-45(43)57)64-35(4)49(58)61-28-14-12-10-8-6-7-9-11-13-15-29-62-50(59)38-18-16-36(17-19-38)33(2)55;;;;;;/h16-27,30-31,34-35,56-57H,6-15,28-29H2,1-5H3;6*1H4. The number of phenols is 2. The zero-order valence-electron chi connectivity index (χ0n) is 37.1. The number of phenolic OH excluding ortho intramolecular Hbond substituents is 2. The molecule has 14 heteroatoms. The lowest BCUT2D eigenvalue weighted by atomic mass is 10.1. The van der Waals surface area contributed by atoms with Crippen LogP contribution >= 0.6 is 0 Å². The highest BCUT2D eigenvalue weighted by atomic mass is 16.6. The van der Waals surface area contributed by atoms with Gasteiger partial charge in [-0.05, 0) is 101 Å². The molecule has 2 unspecified atom stereocenters. The number of esters is 2. The van der Waals surface area contributed by atoms with Crippen LogP contribution in [0.2, 0.25) is 0 Å². The van der Waals surface area contributed by atoms with Crippen molar-refractivity contribution in [3.05, 3.63) is 96.1 Å². The molecule has 0 amide bonds. The summed E-state index contributed by atoms with van der Waals surface area (Å²) >= 11 is 0. The van der Waals surface area contributed by atoms with Crippen LogP contribution in [-0.2, 0) is 19.1 Å². The van der Waals surface area contributed by atoms with Crippen molar-refractivity contribution in [3.8, 4) is 62.9 Å². The summed E-state index contributed by atoms with van der Waals surface area (Å²) in [5.41, 5.74) is 2.16. The molecule has 2 atom stereocenters. The van der Waals surface area contributed by atoms with E-state index in [9.17, 15) is 29.4 Å². The molecule has 5 rings (SSSR count). The third-order valence-corrected chi connectivity index (χ3v) is 10.5. The van der Waals surface area contributed by atoms with Gasteiger partial charge in [-0.25, -0.2) is 24.5 Å². The molecule has 1 aromatic heterocycles. The summed E-state index contributed by atoms with van der Waals surface area (Å²) in [6, 6.07) is 22.7. The summed E-state index contributed by atoms with van der Waals surface area (Å²) in [5, 5.41) is 22.2. The second kappa shape index (κ2) is 32.8. The molecule has 0 saturated heterocycles. The number of ether oxygens (including phenoxy) is 5. The van der Waals surface area contributed by atoms with Crippen LogP contribution in [0, 0.1) is 0 Å². The molecule has 5 aromatic rings. The summed E-state index contributed by atoms with van der Waals surface area (Å²) in [6.07, 6.45) is 8.52. The predicted octanol–water partition coefficient (Wildman–Crippen LogP) is 13.7. The Morgan fingerprint density at radius 2 is 0.900 bits per heavy atom. The summed E-state index contributed by atoms with van der Waals surface area (Å²) in [6.45, 7) is 6.77. The van der Waals surface area contributed by atoms with Crippen molar-refractivity contribution in [3.63, 3.8) is 0 Å². The van der Waals surface area contributed by atoms with Crippen molar-refractivity contribution in [2.45, 2.75) is 149 Å². The fraction of sp³-hybridized carbons (Fsp3) is 0.446. The van der Waals surface area contributed by atoms with Crippen LogP contribution in [0.25, 0.3) is 34.2 Å². The molecule has 14 nitrogen and oxygen atoms in total. The molecule has 70 heavy (non-hydrogen) atoms. The van der Waals surface area contributed by atoms with Crippen molar-refractivity contribution in [2.24, 2.45) is 0 Å². The highest BCUT2D eigenvalue weighted by molar-refractivity contribution is 5.96. The van der Waals surface area contributed by atoms with Gasteiger partial charge in [0.05, 0.1) is 37.0 Å². The number of hydrogen-bond donors (Lipinski definition) is 2. The normalized spacial score (nSPS) is 10.9. The Bertz CT molecular complexity index is 2350. The van der Waals surface area contributed by atoms with E-state index in [1.54, 1.807) is 93.8 Å². The van der Waals surface area contributed by atoms with Crippen molar-refractivity contribution < 1.29 is 53.1 Å². The van der Waals surface area contributed by atoms with Crippen LogP contribution in [0.15, 0.2) is 84.9 Å². The van der Waals surface area contributed by atoms with E-state index in [2.05, 4.69) is 15.0 Å². The first kappa shape index (κ1) is 65.3. The van der Waals surface area contributed by atoms with Gasteiger partial charge in [-0.2, -0.15) is 0 Å². The predicted molar refractivity (Wildman–Crippen MR) is 281 cm³/mol. The molecule has 0 fully saturated rings. The van der Waals surface area contributed by atoms with Gasteiger partial charge in [-0.15, -0.1) is 0 Å². The summed E-state index contributed by atoms with van der Waals surface area (Å²) in [4.78, 5) is 61.9. The first-order valence-electron chi connectivity index (χ1n) is 21.7. The molecule has 1 heterocycles. The number of aromatic nitrogens is 3. The third-order valence-electron chi connectivity index (χ3n) is 10.5. The minimum absolute atomic E-state index is 0. The Balaban J connectivity index is 0. The van der Waals surface area contributed by atoms with E-state index in [0.717, 1.165) is 64.2 Å². The first-order chi connectivity index (χ1) is 30.8. The molecule has 386 valence electrons. The third kappa shape index (κ3) is 19.6. The average molecular weight is 972 g/mol. The van der Waals surface area contributed by atoms with Crippen LogP contribution in [0.5, 0.6) is 28.7 Å². The van der Waals surface area contributed by atoms with Crippen molar-refractivity contribution in [2.75, 3.05) is 20.3 Å². The number of nitrogens with zero attached hydrogens (tertiary/aromatic N) is 3. The van der Waals surface area contributed by atoms with Crippen LogP contribution in [0.1, 0.15) is 157 Å². The van der Waals surface area contributed by atoms with Crippen LogP contribution in [-0.4, -0.2) is 81.2 Å². The highest BCUT2D eigenvalue weighted by Crippen LogP contribution is 2.36. The van der Waals surface area contributed by atoms with Gasteiger partial charge >= 0.3 is 11.9 Å². The van der Waals surface area contributed by atoms with Gasteiger partial charge in [-0.1, -0.05) is 108 Å².